The Morgan fingerprint density at radius 2 is 0.723 bits per heavy atom. The number of phenolic OH excluding ortho intramolecular Hbond substituents is 3. The van der Waals surface area contributed by atoms with Crippen LogP contribution in [0.4, 0.5) is 0 Å². The van der Waals surface area contributed by atoms with Crippen LogP contribution in [0.15, 0.2) is 258 Å². The number of fused-ring (bicyclic) bond motifs is 10. The Morgan fingerprint density at radius 1 is 0.301 bits per heavy atom. The fourth-order valence-corrected chi connectivity index (χ4v) is 13.1. The number of hydrogen-bond donors (Lipinski definition) is 3. The summed E-state index contributed by atoms with van der Waals surface area (Å²) in [5, 5.41) is 45.1. The van der Waals surface area contributed by atoms with Crippen molar-refractivity contribution in [1.29, 1.82) is 0 Å². The van der Waals surface area contributed by atoms with Gasteiger partial charge < -0.3 is 24.2 Å². The fourth-order valence-electron chi connectivity index (χ4n) is 13.1. The van der Waals surface area contributed by atoms with Crippen molar-refractivity contribution < 1.29 is 55.3 Å². The first-order chi connectivity index (χ1) is 40.4. The Balaban J connectivity index is 0.00000588. The van der Waals surface area contributed by atoms with Crippen molar-refractivity contribution in [2.75, 3.05) is 0 Å². The van der Waals surface area contributed by atoms with Gasteiger partial charge in [-0.25, -0.2) is 0 Å². The summed E-state index contributed by atoms with van der Waals surface area (Å²) in [5.74, 6) is -0.973. The number of hydrogen-bond acceptors (Lipinski definition) is 5. The Hall–Kier alpha value is -9.83. The van der Waals surface area contributed by atoms with Crippen LogP contribution in [0.5, 0.6) is 17.2 Å². The van der Waals surface area contributed by atoms with Crippen LogP contribution in [-0.2, 0) is 0 Å². The third-order valence-electron chi connectivity index (χ3n) is 16.9. The quantitative estimate of drug-likeness (QED) is 0.0641. The largest absolute Gasteiger partial charge is 0.551 e. The molecule has 0 fully saturated rings. The molecule has 0 unspecified atom stereocenters. The zero-order valence-electron chi connectivity index (χ0n) is 44.8. The van der Waals surface area contributed by atoms with E-state index in [0.29, 0.717) is 11.1 Å². The maximum atomic E-state index is 11.0. The van der Waals surface area contributed by atoms with Gasteiger partial charge in [0.2, 0.25) is 0 Å². The molecule has 0 radical (unpaired) electrons. The molecule has 16 rings (SSSR count). The predicted octanol–water partition coefficient (Wildman–Crippen LogP) is 21.0. The molecule has 0 saturated carbocycles. The van der Waals surface area contributed by atoms with Crippen molar-refractivity contribution in [2.24, 2.45) is 0 Å². The summed E-state index contributed by atoms with van der Waals surface area (Å²) < 4.78 is 13.8. The SMILES string of the molecule is Cc1c(O)c(O)[c-]c(-c2ccc3c(c2)oc2cccc(-c4c5ccccc5c(-c5ccc(-c6ccc(-c7c8ccccc8c(-c8ccccc8)c8ccccc78)c7c6oc6cc(-c8ccccc8)ccc67)cc5)c5ccccc45)c23)c1O.[U]. The van der Waals surface area contributed by atoms with Gasteiger partial charge in [0.15, 0.2) is 0 Å². The molecule has 16 aromatic rings. The molecule has 6 heteroatoms. The molecule has 0 saturated heterocycles. The molecule has 0 atom stereocenters. The van der Waals surface area contributed by atoms with E-state index >= 15 is 0 Å². The minimum absolute atomic E-state index is 0. The van der Waals surface area contributed by atoms with Crippen LogP contribution in [0.3, 0.4) is 0 Å². The van der Waals surface area contributed by atoms with Crippen LogP contribution in [0.1, 0.15) is 5.56 Å². The molecule has 2 aromatic heterocycles. The third-order valence-corrected chi connectivity index (χ3v) is 16.9. The number of furan rings is 2. The van der Waals surface area contributed by atoms with E-state index in [-0.39, 0.29) is 48.0 Å². The maximum absolute atomic E-state index is 11.0. The number of rotatable bonds is 7. The molecule has 0 bridgehead atoms. The van der Waals surface area contributed by atoms with Gasteiger partial charge in [-0.2, -0.15) is 0 Å². The average molecular weight is 1290 g/mol. The van der Waals surface area contributed by atoms with Crippen LogP contribution in [0, 0.1) is 44.1 Å². The van der Waals surface area contributed by atoms with Gasteiger partial charge >= 0.3 is 0 Å². The standard InChI is InChI=1S/C77H47O5.U/c1-44-75(79)64(43-65(78)76(44)80)50-36-38-60-67(42-50)81-66-30-16-29-62(73(60)66)71-56-25-12-10-23-54(56)70(55-24-11-13-26-57(55)71)48-33-31-46(32-34-48)51-39-40-63(74-61-37-35-49(41-68(61)82-77(51)74)45-17-4-2-5-18-45)72-58-27-14-8-21-52(58)69(47-19-6-3-7-20-47)53-22-9-15-28-59(53)72;/h2-42,78-80H,1H3;/q-1;. The Kier molecular flexibility index (Phi) is 11.9. The zero-order valence-corrected chi connectivity index (χ0v) is 49.0. The van der Waals surface area contributed by atoms with E-state index in [9.17, 15) is 15.3 Å². The van der Waals surface area contributed by atoms with E-state index in [4.69, 9.17) is 8.83 Å². The molecule has 0 aliphatic carbocycles. The molecule has 2 heterocycles. The van der Waals surface area contributed by atoms with E-state index in [1.54, 1.807) is 6.92 Å². The summed E-state index contributed by atoms with van der Waals surface area (Å²) in [6.45, 7) is 1.55. The van der Waals surface area contributed by atoms with Crippen molar-refractivity contribution >= 4 is 87.0 Å². The molecule has 0 amide bonds. The van der Waals surface area contributed by atoms with Gasteiger partial charge in [0.1, 0.15) is 22.3 Å². The van der Waals surface area contributed by atoms with Crippen molar-refractivity contribution in [1.82, 2.24) is 0 Å². The van der Waals surface area contributed by atoms with Crippen molar-refractivity contribution in [2.45, 2.75) is 6.92 Å². The van der Waals surface area contributed by atoms with Gasteiger partial charge in [0, 0.05) is 64.0 Å². The van der Waals surface area contributed by atoms with E-state index in [0.717, 1.165) is 110 Å². The minimum Gasteiger partial charge on any atom is -0.551 e. The number of benzene rings is 14. The topological polar surface area (TPSA) is 87.0 Å². The second-order valence-corrected chi connectivity index (χ2v) is 21.3. The Labute approximate surface area is 501 Å². The second-order valence-electron chi connectivity index (χ2n) is 21.3. The zero-order chi connectivity index (χ0) is 54.7. The second kappa shape index (κ2) is 19.7. The molecule has 14 aromatic carbocycles. The van der Waals surface area contributed by atoms with Gasteiger partial charge in [-0.3, -0.25) is 0 Å². The molecule has 0 spiro atoms. The van der Waals surface area contributed by atoms with Crippen molar-refractivity contribution in [3.05, 3.63) is 260 Å². The molecular weight excluding hydrogens is 1240 g/mol. The van der Waals surface area contributed by atoms with E-state index in [2.05, 4.69) is 224 Å². The van der Waals surface area contributed by atoms with Gasteiger partial charge in [0.05, 0.1) is 11.5 Å². The molecule has 83 heavy (non-hydrogen) atoms. The first-order valence-corrected chi connectivity index (χ1v) is 27.6. The summed E-state index contributed by atoms with van der Waals surface area (Å²) in [7, 11) is 0. The molecule has 3 N–H and O–H groups in total. The monoisotopic (exact) mass is 1290 g/mol. The van der Waals surface area contributed by atoms with Crippen LogP contribution >= 0.6 is 0 Å². The van der Waals surface area contributed by atoms with Gasteiger partial charge in [0.25, 0.3) is 0 Å². The van der Waals surface area contributed by atoms with E-state index < -0.39 is 11.5 Å². The van der Waals surface area contributed by atoms with Crippen molar-refractivity contribution in [3.8, 4) is 95.1 Å². The molecule has 5 nitrogen and oxygen atoms in total. The first-order valence-electron chi connectivity index (χ1n) is 27.6. The van der Waals surface area contributed by atoms with E-state index in [1.165, 1.54) is 38.2 Å². The summed E-state index contributed by atoms with van der Waals surface area (Å²) in [6, 6.07) is 91.2. The average Bonchev–Trinajstić information content (AvgIpc) is 2.84. The molecule has 390 valence electrons. The van der Waals surface area contributed by atoms with Crippen LogP contribution in [0.2, 0.25) is 0 Å². The Morgan fingerprint density at radius 3 is 1.29 bits per heavy atom. The predicted molar refractivity (Wildman–Crippen MR) is 338 cm³/mol. The summed E-state index contributed by atoms with van der Waals surface area (Å²) in [5.41, 5.74) is 17.5. The summed E-state index contributed by atoms with van der Waals surface area (Å²) in [4.78, 5) is 0. The van der Waals surface area contributed by atoms with Crippen LogP contribution < -0.4 is 0 Å². The van der Waals surface area contributed by atoms with Gasteiger partial charge in [-0.15, -0.1) is 0 Å². The molecular formula is C77H47O5U-. The normalized spacial score (nSPS) is 11.7. The van der Waals surface area contributed by atoms with Crippen LogP contribution in [0.25, 0.3) is 165 Å². The van der Waals surface area contributed by atoms with Crippen LogP contribution in [-0.4, -0.2) is 15.3 Å². The van der Waals surface area contributed by atoms with Crippen molar-refractivity contribution in [3.63, 3.8) is 0 Å². The Bertz CT molecular complexity index is 5200. The number of aromatic hydroxyl groups is 3. The fraction of sp³-hybridized carbons (Fsp3) is 0.0130. The number of phenols is 3. The van der Waals surface area contributed by atoms with Gasteiger partial charge in [-0.05, 0) is 134 Å². The van der Waals surface area contributed by atoms with Gasteiger partial charge in [-0.1, -0.05) is 249 Å². The first kappa shape index (κ1) is 50.2. The summed E-state index contributed by atoms with van der Waals surface area (Å²) >= 11 is 0. The molecule has 0 aliphatic rings. The summed E-state index contributed by atoms with van der Waals surface area (Å²) in [6.07, 6.45) is 0. The van der Waals surface area contributed by atoms with E-state index in [1.807, 2.05) is 30.3 Å². The minimum atomic E-state index is -0.424. The smallest absolute Gasteiger partial charge is 0.143 e. The third kappa shape index (κ3) is 7.82. The maximum Gasteiger partial charge on any atom is 0.143 e. The molecule has 0 aliphatic heterocycles.